The molecule has 2 heterocycles. The number of amidine groups is 1. The SMILES string of the molecule is CSC(=Nc1ccccc1)N1CCc2nc(C(=O)Nc3ccccc3N)sc2C1. The summed E-state index contributed by atoms with van der Waals surface area (Å²) in [5, 5.41) is 4.29. The Hall–Kier alpha value is -2.84. The van der Waals surface area contributed by atoms with Crippen molar-refractivity contribution in [2.45, 2.75) is 13.0 Å². The Morgan fingerprint density at radius 3 is 2.72 bits per heavy atom. The van der Waals surface area contributed by atoms with E-state index in [4.69, 9.17) is 10.7 Å². The molecule has 6 nitrogen and oxygen atoms in total. The van der Waals surface area contributed by atoms with Crippen LogP contribution in [0.2, 0.25) is 0 Å². The van der Waals surface area contributed by atoms with Crippen molar-refractivity contribution >= 4 is 51.2 Å². The number of amides is 1. The second kappa shape index (κ2) is 8.67. The Morgan fingerprint density at radius 1 is 1.21 bits per heavy atom. The van der Waals surface area contributed by atoms with Gasteiger partial charge in [-0.3, -0.25) is 4.79 Å². The van der Waals surface area contributed by atoms with Crippen molar-refractivity contribution in [1.29, 1.82) is 0 Å². The van der Waals surface area contributed by atoms with E-state index in [2.05, 4.69) is 15.2 Å². The smallest absolute Gasteiger partial charge is 0.284 e. The minimum Gasteiger partial charge on any atom is -0.397 e. The minimum absolute atomic E-state index is 0.225. The first-order chi connectivity index (χ1) is 14.1. The highest BCUT2D eigenvalue weighted by Gasteiger charge is 2.25. The Balaban J connectivity index is 1.50. The molecule has 0 saturated carbocycles. The van der Waals surface area contributed by atoms with Crippen molar-refractivity contribution in [3.63, 3.8) is 0 Å². The Kier molecular flexibility index (Phi) is 5.82. The molecule has 0 radical (unpaired) electrons. The maximum Gasteiger partial charge on any atom is 0.284 e. The van der Waals surface area contributed by atoms with Crippen molar-refractivity contribution in [3.8, 4) is 0 Å². The predicted molar refractivity (Wildman–Crippen MR) is 122 cm³/mol. The van der Waals surface area contributed by atoms with Crippen LogP contribution in [-0.4, -0.2) is 33.8 Å². The third kappa shape index (κ3) is 4.44. The van der Waals surface area contributed by atoms with Gasteiger partial charge in [0.25, 0.3) is 5.91 Å². The topological polar surface area (TPSA) is 83.6 Å². The fourth-order valence-electron chi connectivity index (χ4n) is 3.10. The van der Waals surface area contributed by atoms with E-state index in [-0.39, 0.29) is 5.91 Å². The molecule has 0 bridgehead atoms. The Labute approximate surface area is 177 Å². The summed E-state index contributed by atoms with van der Waals surface area (Å²) in [5.41, 5.74) is 9.00. The van der Waals surface area contributed by atoms with Crippen LogP contribution in [0.4, 0.5) is 17.1 Å². The highest BCUT2D eigenvalue weighted by Crippen LogP contribution is 2.28. The highest BCUT2D eigenvalue weighted by molar-refractivity contribution is 8.13. The lowest BCUT2D eigenvalue weighted by Crippen LogP contribution is -2.33. The van der Waals surface area contributed by atoms with Gasteiger partial charge >= 0.3 is 0 Å². The number of thioether (sulfide) groups is 1. The molecule has 2 aromatic carbocycles. The zero-order valence-electron chi connectivity index (χ0n) is 16.0. The Morgan fingerprint density at radius 2 is 1.97 bits per heavy atom. The number of aliphatic imine (C=N–C) groups is 1. The molecule has 1 aliphatic rings. The van der Waals surface area contributed by atoms with Crippen LogP contribution in [-0.2, 0) is 13.0 Å². The fourth-order valence-corrected chi connectivity index (χ4v) is 4.73. The molecule has 148 valence electrons. The van der Waals surface area contributed by atoms with Gasteiger partial charge in [-0.25, -0.2) is 9.98 Å². The van der Waals surface area contributed by atoms with E-state index in [0.29, 0.717) is 22.9 Å². The van der Waals surface area contributed by atoms with Crippen LogP contribution in [0.3, 0.4) is 0 Å². The van der Waals surface area contributed by atoms with E-state index < -0.39 is 0 Å². The van der Waals surface area contributed by atoms with Gasteiger partial charge < -0.3 is 16.0 Å². The lowest BCUT2D eigenvalue weighted by atomic mass is 10.2. The molecule has 1 aliphatic heterocycles. The number of nitrogens with zero attached hydrogens (tertiary/aromatic N) is 3. The van der Waals surface area contributed by atoms with Gasteiger partial charge in [-0.2, -0.15) is 0 Å². The summed E-state index contributed by atoms with van der Waals surface area (Å²) in [5.74, 6) is -0.225. The number of nitrogen functional groups attached to an aromatic ring is 1. The third-order valence-corrected chi connectivity index (χ3v) is 6.36. The Bertz CT molecular complexity index is 1050. The molecule has 8 heteroatoms. The summed E-state index contributed by atoms with van der Waals surface area (Å²) in [7, 11) is 0. The molecule has 1 amide bonds. The summed E-state index contributed by atoms with van der Waals surface area (Å²) in [6.07, 6.45) is 2.83. The van der Waals surface area contributed by atoms with Crippen molar-refractivity contribution in [2.24, 2.45) is 4.99 Å². The van der Waals surface area contributed by atoms with E-state index in [1.807, 2.05) is 48.7 Å². The van der Waals surface area contributed by atoms with Gasteiger partial charge in [0.15, 0.2) is 10.2 Å². The zero-order chi connectivity index (χ0) is 20.2. The van der Waals surface area contributed by atoms with Crippen LogP contribution in [0.15, 0.2) is 59.6 Å². The number of carbonyl (C=O) groups excluding carboxylic acids is 1. The summed E-state index contributed by atoms with van der Waals surface area (Å²) >= 11 is 3.07. The molecule has 0 unspecified atom stereocenters. The lowest BCUT2D eigenvalue weighted by Gasteiger charge is -2.28. The van der Waals surface area contributed by atoms with Gasteiger partial charge in [0, 0.05) is 17.8 Å². The standard InChI is InChI=1S/C21H21N5OS2/c1-28-21(23-14-7-3-2-4-8-14)26-12-11-17-18(13-26)29-20(25-17)19(27)24-16-10-6-5-9-15(16)22/h2-10H,11-13,22H2,1H3,(H,24,27). The predicted octanol–water partition coefficient (Wildman–Crippen LogP) is 4.39. The average Bonchev–Trinajstić information content (AvgIpc) is 3.18. The minimum atomic E-state index is -0.225. The number of nitrogens with two attached hydrogens (primary N) is 1. The van der Waals surface area contributed by atoms with E-state index in [9.17, 15) is 4.79 Å². The lowest BCUT2D eigenvalue weighted by molar-refractivity contribution is 0.102. The van der Waals surface area contributed by atoms with E-state index in [0.717, 1.165) is 34.4 Å². The number of thiazole rings is 1. The second-order valence-corrected chi connectivity index (χ2v) is 8.39. The number of aromatic nitrogens is 1. The maximum atomic E-state index is 12.6. The molecule has 3 N–H and O–H groups in total. The molecular formula is C21H21N5OS2. The van der Waals surface area contributed by atoms with Crippen LogP contribution < -0.4 is 11.1 Å². The monoisotopic (exact) mass is 423 g/mol. The first-order valence-electron chi connectivity index (χ1n) is 9.21. The van der Waals surface area contributed by atoms with Gasteiger partial charge in [-0.15, -0.1) is 11.3 Å². The molecule has 1 aromatic heterocycles. The number of anilines is 2. The van der Waals surface area contributed by atoms with E-state index in [1.165, 1.54) is 11.3 Å². The quantitative estimate of drug-likeness (QED) is 0.371. The van der Waals surface area contributed by atoms with Crippen molar-refractivity contribution in [3.05, 3.63) is 70.2 Å². The number of benzene rings is 2. The number of carbonyl (C=O) groups is 1. The van der Waals surface area contributed by atoms with E-state index in [1.54, 1.807) is 23.9 Å². The van der Waals surface area contributed by atoms with Gasteiger partial charge in [0.05, 0.1) is 29.3 Å². The molecule has 29 heavy (non-hydrogen) atoms. The van der Waals surface area contributed by atoms with Crippen molar-refractivity contribution < 1.29 is 4.79 Å². The van der Waals surface area contributed by atoms with Gasteiger partial charge in [-0.05, 0) is 30.5 Å². The summed E-state index contributed by atoms with van der Waals surface area (Å²) in [6.45, 7) is 1.54. The fraction of sp³-hybridized carbons (Fsp3) is 0.190. The van der Waals surface area contributed by atoms with E-state index >= 15 is 0 Å². The average molecular weight is 424 g/mol. The molecule has 0 spiro atoms. The molecule has 0 atom stereocenters. The summed E-state index contributed by atoms with van der Waals surface area (Å²) in [4.78, 5) is 25.3. The normalized spacial score (nSPS) is 13.8. The number of rotatable bonds is 3. The maximum absolute atomic E-state index is 12.6. The first-order valence-corrected chi connectivity index (χ1v) is 11.3. The number of hydrogen-bond donors (Lipinski definition) is 2. The van der Waals surface area contributed by atoms with Crippen LogP contribution in [0, 0.1) is 0 Å². The molecule has 0 saturated heterocycles. The number of fused-ring (bicyclic) bond motifs is 1. The van der Waals surface area contributed by atoms with Gasteiger partial charge in [0.1, 0.15) is 0 Å². The second-order valence-electron chi connectivity index (χ2n) is 6.54. The number of para-hydroxylation sites is 3. The van der Waals surface area contributed by atoms with Crippen LogP contribution in [0.25, 0.3) is 0 Å². The summed E-state index contributed by atoms with van der Waals surface area (Å²) in [6, 6.07) is 17.2. The van der Waals surface area contributed by atoms with Gasteiger partial charge in [-0.1, -0.05) is 42.1 Å². The largest absolute Gasteiger partial charge is 0.397 e. The van der Waals surface area contributed by atoms with Crippen LogP contribution in [0.1, 0.15) is 20.4 Å². The third-order valence-electron chi connectivity index (χ3n) is 4.57. The number of nitrogens with one attached hydrogen (secondary N) is 1. The number of hydrogen-bond acceptors (Lipinski definition) is 6. The van der Waals surface area contributed by atoms with Crippen molar-refractivity contribution in [2.75, 3.05) is 23.9 Å². The molecular weight excluding hydrogens is 402 g/mol. The van der Waals surface area contributed by atoms with Crippen LogP contribution >= 0.6 is 23.1 Å². The molecule has 3 aromatic rings. The molecule has 4 rings (SSSR count). The van der Waals surface area contributed by atoms with Crippen molar-refractivity contribution in [1.82, 2.24) is 9.88 Å². The zero-order valence-corrected chi connectivity index (χ0v) is 17.6. The highest BCUT2D eigenvalue weighted by atomic mass is 32.2. The molecule has 0 fully saturated rings. The van der Waals surface area contributed by atoms with Crippen LogP contribution in [0.5, 0.6) is 0 Å². The molecule has 0 aliphatic carbocycles. The summed E-state index contributed by atoms with van der Waals surface area (Å²) < 4.78 is 0. The van der Waals surface area contributed by atoms with Gasteiger partial charge in [0.2, 0.25) is 0 Å². The first kappa shape index (κ1) is 19.5.